The Morgan fingerprint density at radius 1 is 1.24 bits per heavy atom. The second kappa shape index (κ2) is 7.25. The molecule has 21 heavy (non-hydrogen) atoms. The van der Waals surface area contributed by atoms with Crippen molar-refractivity contribution in [2.24, 2.45) is 5.92 Å². The number of hydrogen-bond acceptors (Lipinski definition) is 3. The Hall–Kier alpha value is -1.10. The molecule has 2 rings (SSSR count). The van der Waals surface area contributed by atoms with E-state index in [1.807, 2.05) is 16.8 Å². The lowest BCUT2D eigenvalue weighted by atomic mass is 10.1. The van der Waals surface area contributed by atoms with Crippen molar-refractivity contribution in [2.75, 3.05) is 0 Å². The Morgan fingerprint density at radius 3 is 2.67 bits per heavy atom. The third-order valence-electron chi connectivity index (χ3n) is 3.23. The van der Waals surface area contributed by atoms with Gasteiger partial charge in [-0.05, 0) is 30.5 Å². The van der Waals surface area contributed by atoms with Gasteiger partial charge in [0, 0.05) is 22.6 Å². The molecular formula is C15H20Cl2N4. The van der Waals surface area contributed by atoms with Crippen molar-refractivity contribution < 1.29 is 0 Å². The zero-order valence-electron chi connectivity index (χ0n) is 12.5. The molecule has 4 nitrogen and oxygen atoms in total. The summed E-state index contributed by atoms with van der Waals surface area (Å²) in [5, 5.41) is 9.00. The van der Waals surface area contributed by atoms with E-state index in [0.717, 1.165) is 17.9 Å². The fraction of sp³-hybridized carbons (Fsp3) is 0.467. The normalized spacial score (nSPS) is 12.9. The summed E-state index contributed by atoms with van der Waals surface area (Å²) in [5.74, 6) is 1.47. The lowest BCUT2D eigenvalue weighted by molar-refractivity contribution is 0.449. The molecule has 114 valence electrons. The van der Waals surface area contributed by atoms with Crippen LogP contribution < -0.4 is 5.32 Å². The van der Waals surface area contributed by atoms with E-state index in [4.69, 9.17) is 23.2 Å². The van der Waals surface area contributed by atoms with Gasteiger partial charge in [0.25, 0.3) is 0 Å². The molecule has 1 heterocycles. The Morgan fingerprint density at radius 2 is 2.00 bits per heavy atom. The van der Waals surface area contributed by atoms with Gasteiger partial charge in [-0.25, -0.2) is 9.67 Å². The summed E-state index contributed by atoms with van der Waals surface area (Å²) in [7, 11) is 0. The lowest BCUT2D eigenvalue weighted by Crippen LogP contribution is -2.22. The number of benzene rings is 1. The smallest absolute Gasteiger partial charge is 0.140 e. The molecule has 0 aliphatic heterocycles. The third-order valence-corrected chi connectivity index (χ3v) is 3.79. The van der Waals surface area contributed by atoms with Gasteiger partial charge in [-0.2, -0.15) is 5.10 Å². The zero-order valence-corrected chi connectivity index (χ0v) is 14.0. The number of nitrogens with one attached hydrogen (secondary N) is 1. The number of halogens is 2. The summed E-state index contributed by atoms with van der Waals surface area (Å²) < 4.78 is 1.94. The van der Waals surface area contributed by atoms with E-state index in [0.29, 0.717) is 22.5 Å². The van der Waals surface area contributed by atoms with Crippen LogP contribution in [-0.2, 0) is 13.1 Å². The lowest BCUT2D eigenvalue weighted by Gasteiger charge is -2.16. The van der Waals surface area contributed by atoms with Crippen molar-refractivity contribution >= 4 is 23.2 Å². The van der Waals surface area contributed by atoms with E-state index in [2.05, 4.69) is 36.2 Å². The largest absolute Gasteiger partial charge is 0.303 e. The molecule has 1 N–H and O–H groups in total. The average Bonchev–Trinajstić information content (AvgIpc) is 2.82. The second-order valence-corrected chi connectivity index (χ2v) is 6.36. The minimum Gasteiger partial charge on any atom is -0.303 e. The standard InChI is InChI=1S/C15H20Cl2N4/c1-10(2)8-21-15(19-9-20-21)7-18-11(3)13-5-4-12(16)6-14(13)17/h4-6,9-11,18H,7-8H2,1-3H3. The van der Waals surface area contributed by atoms with Crippen LogP contribution in [0.3, 0.4) is 0 Å². The van der Waals surface area contributed by atoms with Crippen LogP contribution in [0, 0.1) is 5.92 Å². The predicted octanol–water partition coefficient (Wildman–Crippen LogP) is 4.09. The highest BCUT2D eigenvalue weighted by atomic mass is 35.5. The Kier molecular flexibility index (Phi) is 5.62. The van der Waals surface area contributed by atoms with Gasteiger partial charge >= 0.3 is 0 Å². The molecule has 1 unspecified atom stereocenters. The molecule has 0 aliphatic carbocycles. The van der Waals surface area contributed by atoms with Gasteiger partial charge in [-0.1, -0.05) is 43.1 Å². The maximum Gasteiger partial charge on any atom is 0.140 e. The zero-order chi connectivity index (χ0) is 15.4. The fourth-order valence-electron chi connectivity index (χ4n) is 2.13. The van der Waals surface area contributed by atoms with Crippen LogP contribution in [-0.4, -0.2) is 14.8 Å². The molecule has 0 bridgehead atoms. The predicted molar refractivity (Wildman–Crippen MR) is 86.6 cm³/mol. The maximum absolute atomic E-state index is 6.23. The maximum atomic E-state index is 6.23. The van der Waals surface area contributed by atoms with Crippen molar-refractivity contribution in [3.8, 4) is 0 Å². The molecular weight excluding hydrogens is 307 g/mol. The quantitative estimate of drug-likeness (QED) is 0.869. The first kappa shape index (κ1) is 16.3. The van der Waals surface area contributed by atoms with E-state index in [1.165, 1.54) is 0 Å². The van der Waals surface area contributed by atoms with Crippen LogP contribution >= 0.6 is 23.2 Å². The van der Waals surface area contributed by atoms with Crippen LogP contribution in [0.1, 0.15) is 38.2 Å². The van der Waals surface area contributed by atoms with Gasteiger partial charge in [0.15, 0.2) is 0 Å². The van der Waals surface area contributed by atoms with Gasteiger partial charge in [-0.15, -0.1) is 0 Å². The van der Waals surface area contributed by atoms with E-state index in [9.17, 15) is 0 Å². The highest BCUT2D eigenvalue weighted by Gasteiger charge is 2.12. The topological polar surface area (TPSA) is 42.7 Å². The second-order valence-electron chi connectivity index (χ2n) is 5.52. The van der Waals surface area contributed by atoms with Gasteiger partial charge in [-0.3, -0.25) is 0 Å². The van der Waals surface area contributed by atoms with Crippen LogP contribution in [0.15, 0.2) is 24.5 Å². The van der Waals surface area contributed by atoms with Gasteiger partial charge in [0.05, 0.1) is 6.54 Å². The monoisotopic (exact) mass is 326 g/mol. The van der Waals surface area contributed by atoms with E-state index in [1.54, 1.807) is 12.4 Å². The van der Waals surface area contributed by atoms with Gasteiger partial charge in [0.1, 0.15) is 12.2 Å². The summed E-state index contributed by atoms with van der Waals surface area (Å²) in [6.07, 6.45) is 1.60. The van der Waals surface area contributed by atoms with Gasteiger partial charge in [0.2, 0.25) is 0 Å². The van der Waals surface area contributed by atoms with E-state index >= 15 is 0 Å². The number of nitrogens with zero attached hydrogens (tertiary/aromatic N) is 3. The molecule has 0 saturated heterocycles. The summed E-state index contributed by atoms with van der Waals surface area (Å²) in [4.78, 5) is 4.31. The SMILES string of the molecule is CC(C)Cn1ncnc1CNC(C)c1ccc(Cl)cc1Cl. The summed E-state index contributed by atoms with van der Waals surface area (Å²) >= 11 is 12.2. The third kappa shape index (κ3) is 4.43. The fourth-order valence-corrected chi connectivity index (χ4v) is 2.70. The molecule has 0 radical (unpaired) electrons. The molecule has 0 amide bonds. The molecule has 0 aliphatic rings. The highest BCUT2D eigenvalue weighted by molar-refractivity contribution is 6.35. The van der Waals surface area contributed by atoms with Crippen molar-refractivity contribution in [1.82, 2.24) is 20.1 Å². The van der Waals surface area contributed by atoms with E-state index in [-0.39, 0.29) is 6.04 Å². The number of rotatable bonds is 6. The molecule has 1 aromatic heterocycles. The van der Waals surface area contributed by atoms with Crippen LogP contribution in [0.4, 0.5) is 0 Å². The minimum atomic E-state index is 0.110. The Bertz CT molecular complexity index is 595. The van der Waals surface area contributed by atoms with Crippen molar-refractivity contribution in [1.29, 1.82) is 0 Å². The van der Waals surface area contributed by atoms with Crippen LogP contribution in [0.25, 0.3) is 0 Å². The van der Waals surface area contributed by atoms with Crippen LogP contribution in [0.5, 0.6) is 0 Å². The molecule has 6 heteroatoms. The number of aromatic nitrogens is 3. The average molecular weight is 327 g/mol. The summed E-state index contributed by atoms with van der Waals surface area (Å²) in [6.45, 7) is 7.90. The Labute approximate surface area is 135 Å². The first-order valence-corrected chi connectivity index (χ1v) is 7.78. The summed E-state index contributed by atoms with van der Waals surface area (Å²) in [5.41, 5.74) is 1.02. The first-order chi connectivity index (χ1) is 9.97. The van der Waals surface area contributed by atoms with Crippen molar-refractivity contribution in [2.45, 2.75) is 39.9 Å². The van der Waals surface area contributed by atoms with Crippen LogP contribution in [0.2, 0.25) is 10.0 Å². The molecule has 0 spiro atoms. The van der Waals surface area contributed by atoms with E-state index < -0.39 is 0 Å². The molecule has 2 aromatic rings. The van der Waals surface area contributed by atoms with Crippen molar-refractivity contribution in [3.63, 3.8) is 0 Å². The number of hydrogen-bond donors (Lipinski definition) is 1. The molecule has 0 saturated carbocycles. The molecule has 1 atom stereocenters. The Balaban J connectivity index is 2.01. The molecule has 0 fully saturated rings. The minimum absolute atomic E-state index is 0.110. The summed E-state index contributed by atoms with van der Waals surface area (Å²) in [6, 6.07) is 5.67. The van der Waals surface area contributed by atoms with Gasteiger partial charge < -0.3 is 5.32 Å². The highest BCUT2D eigenvalue weighted by Crippen LogP contribution is 2.26. The molecule has 1 aromatic carbocycles. The first-order valence-electron chi connectivity index (χ1n) is 7.02. The van der Waals surface area contributed by atoms with Crippen molar-refractivity contribution in [3.05, 3.63) is 46.0 Å².